The van der Waals surface area contributed by atoms with Crippen molar-refractivity contribution in [3.63, 3.8) is 0 Å². The number of carboxylic acid groups (broad SMARTS) is 1. The van der Waals surface area contributed by atoms with Crippen LogP contribution in [0.2, 0.25) is 0 Å². The van der Waals surface area contributed by atoms with Crippen LogP contribution in [0.3, 0.4) is 0 Å². The number of carboxylic acids is 1. The fraction of sp³-hybridized carbons (Fsp3) is 0.385. The molecule has 6 heteroatoms. The van der Waals surface area contributed by atoms with Crippen molar-refractivity contribution in [3.05, 3.63) is 29.3 Å². The first-order valence-corrected chi connectivity index (χ1v) is 6.13. The summed E-state index contributed by atoms with van der Waals surface area (Å²) < 4.78 is 0. The van der Waals surface area contributed by atoms with Crippen molar-refractivity contribution in [1.82, 2.24) is 5.32 Å². The van der Waals surface area contributed by atoms with Gasteiger partial charge < -0.3 is 20.8 Å². The van der Waals surface area contributed by atoms with Crippen molar-refractivity contribution in [2.24, 2.45) is 0 Å². The van der Waals surface area contributed by atoms with E-state index in [0.717, 1.165) is 30.6 Å². The Morgan fingerprint density at radius 1 is 1.42 bits per heavy atom. The van der Waals surface area contributed by atoms with Crippen LogP contribution in [-0.4, -0.2) is 41.3 Å². The summed E-state index contributed by atoms with van der Waals surface area (Å²) in [5.41, 5.74) is 2.47. The normalized spacial score (nSPS) is 15.0. The Morgan fingerprint density at radius 3 is 2.89 bits per heavy atom. The van der Waals surface area contributed by atoms with Crippen LogP contribution in [0.4, 0.5) is 5.69 Å². The van der Waals surface area contributed by atoms with E-state index in [1.165, 1.54) is 0 Å². The fourth-order valence-corrected chi connectivity index (χ4v) is 2.04. The number of rotatable bonds is 4. The van der Waals surface area contributed by atoms with Crippen LogP contribution < -0.4 is 10.6 Å². The van der Waals surface area contributed by atoms with Crippen molar-refractivity contribution in [1.29, 1.82) is 0 Å². The third-order valence-corrected chi connectivity index (χ3v) is 3.09. The first kappa shape index (κ1) is 13.4. The number of aliphatic carboxylic acids is 1. The standard InChI is InChI=1S/C13H16N2O4/c16-7-11(13(18)19)15-12(17)9-3-4-10-8(6-9)2-1-5-14-10/h3-4,6,11,14,16H,1-2,5,7H2,(H,15,17)(H,18,19). The predicted molar refractivity (Wildman–Crippen MR) is 69.2 cm³/mol. The van der Waals surface area contributed by atoms with Gasteiger partial charge in [-0.25, -0.2) is 4.79 Å². The van der Waals surface area contributed by atoms with Crippen molar-refractivity contribution < 1.29 is 19.8 Å². The zero-order valence-corrected chi connectivity index (χ0v) is 10.3. The van der Waals surface area contributed by atoms with Crippen molar-refractivity contribution >= 4 is 17.6 Å². The summed E-state index contributed by atoms with van der Waals surface area (Å²) in [7, 11) is 0. The minimum absolute atomic E-state index is 0.405. The van der Waals surface area contributed by atoms with Gasteiger partial charge in [-0.15, -0.1) is 0 Å². The van der Waals surface area contributed by atoms with Crippen LogP contribution >= 0.6 is 0 Å². The van der Waals surface area contributed by atoms with E-state index < -0.39 is 24.5 Å². The number of fused-ring (bicyclic) bond motifs is 1. The van der Waals surface area contributed by atoms with E-state index in [1.54, 1.807) is 12.1 Å². The summed E-state index contributed by atoms with van der Waals surface area (Å²) in [6.07, 6.45) is 1.90. The minimum atomic E-state index is -1.28. The molecule has 0 saturated carbocycles. The molecule has 0 aromatic heterocycles. The second-order valence-electron chi connectivity index (χ2n) is 4.45. The largest absolute Gasteiger partial charge is 0.480 e. The van der Waals surface area contributed by atoms with Crippen molar-refractivity contribution in [2.75, 3.05) is 18.5 Å². The average molecular weight is 264 g/mol. The van der Waals surface area contributed by atoms with Crippen LogP contribution in [0.1, 0.15) is 22.3 Å². The summed E-state index contributed by atoms with van der Waals surface area (Å²) in [5.74, 6) is -1.75. The maximum atomic E-state index is 11.9. The number of aliphatic hydroxyl groups is 1. The van der Waals surface area contributed by atoms with Crippen LogP contribution in [-0.2, 0) is 11.2 Å². The van der Waals surface area contributed by atoms with Gasteiger partial charge in [-0.05, 0) is 36.6 Å². The van der Waals surface area contributed by atoms with E-state index >= 15 is 0 Å². The lowest BCUT2D eigenvalue weighted by molar-refractivity contribution is -0.140. The van der Waals surface area contributed by atoms with Crippen LogP contribution in [0.5, 0.6) is 0 Å². The first-order chi connectivity index (χ1) is 9.11. The number of nitrogens with one attached hydrogen (secondary N) is 2. The number of hydrogen-bond acceptors (Lipinski definition) is 4. The van der Waals surface area contributed by atoms with Gasteiger partial charge >= 0.3 is 5.97 Å². The van der Waals surface area contributed by atoms with E-state index in [4.69, 9.17) is 10.2 Å². The molecule has 0 fully saturated rings. The number of aryl methyl sites for hydroxylation is 1. The lowest BCUT2D eigenvalue weighted by Gasteiger charge is -2.19. The molecule has 0 saturated heterocycles. The molecule has 6 nitrogen and oxygen atoms in total. The molecule has 0 aliphatic carbocycles. The van der Waals surface area contributed by atoms with Gasteiger partial charge in [0.2, 0.25) is 0 Å². The van der Waals surface area contributed by atoms with E-state index in [2.05, 4.69) is 10.6 Å². The monoisotopic (exact) mass is 264 g/mol. The first-order valence-electron chi connectivity index (χ1n) is 6.13. The highest BCUT2D eigenvalue weighted by Crippen LogP contribution is 2.22. The Bertz CT molecular complexity index is 501. The van der Waals surface area contributed by atoms with Gasteiger partial charge in [-0.2, -0.15) is 0 Å². The maximum absolute atomic E-state index is 11.9. The second kappa shape index (κ2) is 5.71. The lowest BCUT2D eigenvalue weighted by Crippen LogP contribution is -2.43. The van der Waals surface area contributed by atoms with Crippen molar-refractivity contribution in [3.8, 4) is 0 Å². The van der Waals surface area contributed by atoms with Gasteiger partial charge in [0.05, 0.1) is 6.61 Å². The molecular weight excluding hydrogens is 248 g/mol. The molecule has 102 valence electrons. The highest BCUT2D eigenvalue weighted by Gasteiger charge is 2.20. The van der Waals surface area contributed by atoms with Crippen LogP contribution in [0, 0.1) is 0 Å². The quantitative estimate of drug-likeness (QED) is 0.623. The molecule has 1 aliphatic heterocycles. The smallest absolute Gasteiger partial charge is 0.328 e. The van der Waals surface area contributed by atoms with Crippen LogP contribution in [0.15, 0.2) is 18.2 Å². The zero-order valence-electron chi connectivity index (χ0n) is 10.3. The SMILES string of the molecule is O=C(NC(CO)C(=O)O)c1ccc2c(c1)CCCN2. The molecule has 1 atom stereocenters. The van der Waals surface area contributed by atoms with Gasteiger partial charge in [0.1, 0.15) is 0 Å². The number of aliphatic hydroxyl groups excluding tert-OH is 1. The van der Waals surface area contributed by atoms with Gasteiger partial charge in [0.15, 0.2) is 6.04 Å². The van der Waals surface area contributed by atoms with Gasteiger partial charge in [0, 0.05) is 17.8 Å². The third-order valence-electron chi connectivity index (χ3n) is 3.09. The van der Waals surface area contributed by atoms with Gasteiger partial charge in [-0.3, -0.25) is 4.79 Å². The summed E-state index contributed by atoms with van der Waals surface area (Å²) in [6, 6.07) is 3.94. The molecule has 0 spiro atoms. The Balaban J connectivity index is 2.13. The molecule has 19 heavy (non-hydrogen) atoms. The zero-order chi connectivity index (χ0) is 13.8. The molecular formula is C13H16N2O4. The molecule has 1 aromatic carbocycles. The Hall–Kier alpha value is -2.08. The molecule has 4 N–H and O–H groups in total. The summed E-state index contributed by atoms with van der Waals surface area (Å²) in [4.78, 5) is 22.6. The second-order valence-corrected chi connectivity index (χ2v) is 4.45. The van der Waals surface area contributed by atoms with Crippen LogP contribution in [0.25, 0.3) is 0 Å². The summed E-state index contributed by atoms with van der Waals surface area (Å²) in [5, 5.41) is 23.2. The molecule has 0 bridgehead atoms. The Labute approximate surface area is 110 Å². The molecule has 1 aromatic rings. The number of amides is 1. The number of carbonyl (C=O) groups excluding carboxylic acids is 1. The fourth-order valence-electron chi connectivity index (χ4n) is 2.04. The topological polar surface area (TPSA) is 98.7 Å². The maximum Gasteiger partial charge on any atom is 0.328 e. The molecule has 1 amide bonds. The van der Waals surface area contributed by atoms with E-state index in [-0.39, 0.29) is 0 Å². The number of benzene rings is 1. The molecule has 1 heterocycles. The highest BCUT2D eigenvalue weighted by molar-refractivity contribution is 5.97. The van der Waals surface area contributed by atoms with E-state index in [1.807, 2.05) is 6.07 Å². The van der Waals surface area contributed by atoms with E-state index in [0.29, 0.717) is 5.56 Å². The Morgan fingerprint density at radius 2 is 2.21 bits per heavy atom. The summed E-state index contributed by atoms with van der Waals surface area (Å²) in [6.45, 7) is 0.289. The third kappa shape index (κ3) is 3.03. The average Bonchev–Trinajstić information content (AvgIpc) is 2.43. The van der Waals surface area contributed by atoms with Gasteiger partial charge in [-0.1, -0.05) is 0 Å². The number of carbonyl (C=O) groups is 2. The lowest BCUT2D eigenvalue weighted by atomic mass is 10.0. The Kier molecular flexibility index (Phi) is 4.01. The number of hydrogen-bond donors (Lipinski definition) is 4. The van der Waals surface area contributed by atoms with Gasteiger partial charge in [0.25, 0.3) is 5.91 Å². The van der Waals surface area contributed by atoms with Crippen molar-refractivity contribution in [2.45, 2.75) is 18.9 Å². The van der Waals surface area contributed by atoms with E-state index in [9.17, 15) is 9.59 Å². The summed E-state index contributed by atoms with van der Waals surface area (Å²) >= 11 is 0. The predicted octanol–water partition coefficient (Wildman–Crippen LogP) is 0.220. The minimum Gasteiger partial charge on any atom is -0.480 e. The highest BCUT2D eigenvalue weighted by atomic mass is 16.4. The molecule has 1 unspecified atom stereocenters. The molecule has 1 aliphatic rings. The molecule has 0 radical (unpaired) electrons. The number of anilines is 1. The molecule has 2 rings (SSSR count).